The number of hydrogen-bond acceptors (Lipinski definition) is 3. The summed E-state index contributed by atoms with van der Waals surface area (Å²) in [5.41, 5.74) is 5.15. The Hall–Kier alpha value is -3.05. The molecule has 154 valence electrons. The first-order valence-electron chi connectivity index (χ1n) is 10.0. The molecule has 0 N–H and O–H groups in total. The molecule has 1 unspecified atom stereocenters. The molecule has 0 bridgehead atoms. The van der Waals surface area contributed by atoms with Crippen molar-refractivity contribution in [3.05, 3.63) is 101 Å². The van der Waals surface area contributed by atoms with Crippen LogP contribution in [0, 0.1) is 13.8 Å². The van der Waals surface area contributed by atoms with Crippen molar-refractivity contribution >= 4 is 21.8 Å². The lowest BCUT2D eigenvalue weighted by Gasteiger charge is -2.40. The predicted octanol–water partition coefficient (Wildman–Crippen LogP) is 5.50. The zero-order chi connectivity index (χ0) is 21.5. The van der Waals surface area contributed by atoms with Gasteiger partial charge in [0.05, 0.1) is 10.9 Å². The van der Waals surface area contributed by atoms with Gasteiger partial charge >= 0.3 is 0 Å². The molecule has 4 nitrogen and oxygen atoms in total. The SMILES string of the molecule is Cc1ccc(S(=O)(=O)N2C(N(C)c3ccccc3)=Cc3cc(C)ccc3C2C)cc1. The maximum Gasteiger partial charge on any atom is 0.265 e. The number of anilines is 1. The summed E-state index contributed by atoms with van der Waals surface area (Å²) in [4.78, 5) is 2.23. The zero-order valence-corrected chi connectivity index (χ0v) is 18.5. The number of nitrogens with zero attached hydrogens (tertiary/aromatic N) is 2. The molecule has 4 rings (SSSR count). The second kappa shape index (κ2) is 7.65. The van der Waals surface area contributed by atoms with E-state index in [1.165, 1.54) is 0 Å². The molecule has 3 aromatic rings. The third kappa shape index (κ3) is 3.50. The summed E-state index contributed by atoms with van der Waals surface area (Å²) in [5.74, 6) is 0.632. The molecule has 1 atom stereocenters. The van der Waals surface area contributed by atoms with E-state index in [0.29, 0.717) is 10.7 Å². The summed E-state index contributed by atoms with van der Waals surface area (Å²) in [7, 11) is -1.85. The van der Waals surface area contributed by atoms with Gasteiger partial charge in [-0.2, -0.15) is 0 Å². The van der Waals surface area contributed by atoms with E-state index in [2.05, 4.69) is 13.0 Å². The highest BCUT2D eigenvalue weighted by molar-refractivity contribution is 7.89. The topological polar surface area (TPSA) is 40.6 Å². The highest BCUT2D eigenvalue weighted by Crippen LogP contribution is 2.40. The largest absolute Gasteiger partial charge is 0.330 e. The molecule has 0 aromatic heterocycles. The Balaban J connectivity index is 1.90. The monoisotopic (exact) mass is 418 g/mol. The average Bonchev–Trinajstić information content (AvgIpc) is 2.73. The van der Waals surface area contributed by atoms with E-state index in [9.17, 15) is 8.42 Å². The van der Waals surface area contributed by atoms with E-state index in [1.807, 2.05) is 86.5 Å². The summed E-state index contributed by atoms with van der Waals surface area (Å²) in [6.07, 6.45) is 1.97. The van der Waals surface area contributed by atoms with Crippen LogP contribution >= 0.6 is 0 Å². The Morgan fingerprint density at radius 3 is 2.17 bits per heavy atom. The molecule has 0 fully saturated rings. The molecule has 1 heterocycles. The lowest BCUT2D eigenvalue weighted by molar-refractivity contribution is 0.394. The van der Waals surface area contributed by atoms with Crippen LogP contribution in [0.5, 0.6) is 0 Å². The van der Waals surface area contributed by atoms with Gasteiger partial charge in [-0.05, 0) is 62.2 Å². The lowest BCUT2D eigenvalue weighted by atomic mass is 9.96. The standard InChI is InChI=1S/C25H26N2O2S/c1-18-10-13-23(14-11-18)30(28,29)27-20(3)24-15-12-19(2)16-21(24)17-25(27)26(4)22-8-6-5-7-9-22/h5-17,20H,1-4H3. The number of rotatable bonds is 4. The van der Waals surface area contributed by atoms with Crippen LogP contribution in [0.3, 0.4) is 0 Å². The molecule has 0 saturated carbocycles. The first-order chi connectivity index (χ1) is 14.3. The van der Waals surface area contributed by atoms with Gasteiger partial charge < -0.3 is 4.90 Å². The van der Waals surface area contributed by atoms with Crippen molar-refractivity contribution in [2.24, 2.45) is 0 Å². The van der Waals surface area contributed by atoms with E-state index >= 15 is 0 Å². The number of aryl methyl sites for hydroxylation is 2. The maximum atomic E-state index is 13.8. The van der Waals surface area contributed by atoms with E-state index in [1.54, 1.807) is 16.4 Å². The van der Waals surface area contributed by atoms with Crippen molar-refractivity contribution in [2.45, 2.75) is 31.7 Å². The smallest absolute Gasteiger partial charge is 0.265 e. The van der Waals surface area contributed by atoms with Gasteiger partial charge in [0.2, 0.25) is 0 Å². The molecule has 3 aromatic carbocycles. The lowest BCUT2D eigenvalue weighted by Crippen LogP contribution is -2.41. The molecule has 1 aliphatic heterocycles. The Labute approximate surface area is 179 Å². The van der Waals surface area contributed by atoms with Crippen molar-refractivity contribution < 1.29 is 8.42 Å². The van der Waals surface area contributed by atoms with Gasteiger partial charge in [-0.15, -0.1) is 0 Å². The fourth-order valence-electron chi connectivity index (χ4n) is 3.91. The summed E-state index contributed by atoms with van der Waals surface area (Å²) < 4.78 is 29.1. The number of benzene rings is 3. The van der Waals surface area contributed by atoms with Crippen LogP contribution in [-0.2, 0) is 10.0 Å². The predicted molar refractivity (Wildman–Crippen MR) is 123 cm³/mol. The molecular formula is C25H26N2O2S. The average molecular weight is 419 g/mol. The summed E-state index contributed by atoms with van der Waals surface area (Å²) >= 11 is 0. The molecular weight excluding hydrogens is 392 g/mol. The normalized spacial score (nSPS) is 16.1. The first kappa shape index (κ1) is 20.2. The van der Waals surface area contributed by atoms with Crippen molar-refractivity contribution in [1.29, 1.82) is 0 Å². The Kier molecular flexibility index (Phi) is 5.16. The highest BCUT2D eigenvalue weighted by atomic mass is 32.2. The Bertz CT molecular complexity index is 1200. The summed E-state index contributed by atoms with van der Waals surface area (Å²) in [5, 5.41) is 0. The molecule has 0 aliphatic carbocycles. The van der Waals surface area contributed by atoms with Crippen molar-refractivity contribution in [3.63, 3.8) is 0 Å². The van der Waals surface area contributed by atoms with Gasteiger partial charge in [-0.25, -0.2) is 12.7 Å². The van der Waals surface area contributed by atoms with Crippen LogP contribution in [-0.4, -0.2) is 19.8 Å². The number of fused-ring (bicyclic) bond motifs is 1. The van der Waals surface area contributed by atoms with Gasteiger partial charge in [0.25, 0.3) is 10.0 Å². The van der Waals surface area contributed by atoms with E-state index in [0.717, 1.165) is 27.9 Å². The second-order valence-corrected chi connectivity index (χ2v) is 9.63. The van der Waals surface area contributed by atoms with Gasteiger partial charge in [-0.1, -0.05) is 59.7 Å². The molecule has 5 heteroatoms. The van der Waals surface area contributed by atoms with Crippen molar-refractivity contribution in [1.82, 2.24) is 4.31 Å². The van der Waals surface area contributed by atoms with Gasteiger partial charge in [-0.3, -0.25) is 0 Å². The second-order valence-electron chi connectivity index (χ2n) is 7.82. The van der Waals surface area contributed by atoms with Crippen molar-refractivity contribution in [2.75, 3.05) is 11.9 Å². The van der Waals surface area contributed by atoms with Gasteiger partial charge in [0.15, 0.2) is 0 Å². The van der Waals surface area contributed by atoms with Crippen LogP contribution in [0.15, 0.2) is 83.5 Å². The van der Waals surface area contributed by atoms with E-state index in [4.69, 9.17) is 0 Å². The van der Waals surface area contributed by atoms with Crippen LogP contribution in [0.25, 0.3) is 6.08 Å². The van der Waals surface area contributed by atoms with Crippen LogP contribution in [0.1, 0.15) is 35.2 Å². The van der Waals surface area contributed by atoms with Gasteiger partial charge in [0.1, 0.15) is 5.82 Å². The zero-order valence-electron chi connectivity index (χ0n) is 17.7. The molecule has 0 saturated heterocycles. The third-order valence-electron chi connectivity index (χ3n) is 5.62. The highest BCUT2D eigenvalue weighted by Gasteiger charge is 2.37. The Morgan fingerprint density at radius 2 is 1.50 bits per heavy atom. The minimum Gasteiger partial charge on any atom is -0.330 e. The van der Waals surface area contributed by atoms with Crippen molar-refractivity contribution in [3.8, 4) is 0 Å². The van der Waals surface area contributed by atoms with Crippen LogP contribution < -0.4 is 4.90 Å². The molecule has 0 spiro atoms. The minimum absolute atomic E-state index is 0.294. The fraction of sp³-hybridized carbons (Fsp3) is 0.200. The fourth-order valence-corrected chi connectivity index (χ4v) is 5.57. The quantitative estimate of drug-likeness (QED) is 0.561. The molecule has 30 heavy (non-hydrogen) atoms. The maximum absolute atomic E-state index is 13.8. The minimum atomic E-state index is -3.76. The summed E-state index contributed by atoms with van der Waals surface area (Å²) in [6, 6.07) is 22.7. The molecule has 1 aliphatic rings. The molecule has 0 amide bonds. The third-order valence-corrected chi connectivity index (χ3v) is 7.51. The summed E-state index contributed by atoms with van der Waals surface area (Å²) in [6.45, 7) is 5.95. The van der Waals surface area contributed by atoms with Crippen LogP contribution in [0.2, 0.25) is 0 Å². The number of sulfonamides is 1. The van der Waals surface area contributed by atoms with Crippen LogP contribution in [0.4, 0.5) is 5.69 Å². The Morgan fingerprint density at radius 1 is 0.867 bits per heavy atom. The van der Waals surface area contributed by atoms with Gasteiger partial charge in [0, 0.05) is 12.7 Å². The van der Waals surface area contributed by atoms with E-state index in [-0.39, 0.29) is 6.04 Å². The first-order valence-corrected chi connectivity index (χ1v) is 11.4. The number of para-hydroxylation sites is 1. The number of hydrogen-bond donors (Lipinski definition) is 0. The van der Waals surface area contributed by atoms with E-state index < -0.39 is 10.0 Å². The molecule has 0 radical (unpaired) electrons.